The SMILES string of the molecule is CCC(c1ccncc1)c1cc(-c2c[nH]c3ncc(-c4cn[nH]c4)cc23)nc(N)n1. The summed E-state index contributed by atoms with van der Waals surface area (Å²) in [6, 6.07) is 8.12. The van der Waals surface area contributed by atoms with Crippen LogP contribution in [0.25, 0.3) is 33.4 Å². The number of nitrogens with one attached hydrogen (secondary N) is 2. The molecular weight excluding hydrogens is 376 g/mol. The fourth-order valence-electron chi connectivity index (χ4n) is 3.80. The molecule has 148 valence electrons. The van der Waals surface area contributed by atoms with E-state index in [9.17, 15) is 0 Å². The first-order valence-corrected chi connectivity index (χ1v) is 9.74. The average molecular weight is 396 g/mol. The lowest BCUT2D eigenvalue weighted by Crippen LogP contribution is -2.07. The summed E-state index contributed by atoms with van der Waals surface area (Å²) in [7, 11) is 0. The smallest absolute Gasteiger partial charge is 0.220 e. The van der Waals surface area contributed by atoms with Crippen LogP contribution < -0.4 is 5.73 Å². The van der Waals surface area contributed by atoms with Gasteiger partial charge in [0.1, 0.15) is 5.65 Å². The molecule has 0 aliphatic rings. The molecule has 4 N–H and O–H groups in total. The molecule has 0 amide bonds. The highest BCUT2D eigenvalue weighted by molar-refractivity contribution is 5.95. The lowest BCUT2D eigenvalue weighted by atomic mass is 9.93. The van der Waals surface area contributed by atoms with Crippen molar-refractivity contribution in [1.82, 2.24) is 35.1 Å². The number of nitrogen functional groups attached to an aromatic ring is 1. The molecule has 0 saturated heterocycles. The number of nitrogens with two attached hydrogens (primary N) is 1. The van der Waals surface area contributed by atoms with Crippen LogP contribution in [0.5, 0.6) is 0 Å². The van der Waals surface area contributed by atoms with E-state index < -0.39 is 0 Å². The normalized spacial score (nSPS) is 12.3. The van der Waals surface area contributed by atoms with Crippen molar-refractivity contribution in [2.45, 2.75) is 19.3 Å². The molecule has 0 aromatic carbocycles. The minimum atomic E-state index is 0.113. The van der Waals surface area contributed by atoms with Gasteiger partial charge in [-0.1, -0.05) is 6.92 Å². The van der Waals surface area contributed by atoms with Crippen LogP contribution in [-0.4, -0.2) is 35.1 Å². The van der Waals surface area contributed by atoms with Crippen LogP contribution in [0, 0.1) is 0 Å². The molecule has 0 fully saturated rings. The van der Waals surface area contributed by atoms with E-state index in [-0.39, 0.29) is 11.9 Å². The first kappa shape index (κ1) is 18.0. The maximum absolute atomic E-state index is 6.11. The van der Waals surface area contributed by atoms with Crippen molar-refractivity contribution in [3.8, 4) is 22.4 Å². The molecule has 5 heterocycles. The van der Waals surface area contributed by atoms with Gasteiger partial charge >= 0.3 is 0 Å². The maximum atomic E-state index is 6.11. The summed E-state index contributed by atoms with van der Waals surface area (Å²) in [5, 5.41) is 7.83. The van der Waals surface area contributed by atoms with Crippen LogP contribution in [0.4, 0.5) is 5.95 Å². The molecular formula is C22H20N8. The van der Waals surface area contributed by atoms with Gasteiger partial charge in [0.15, 0.2) is 0 Å². The summed E-state index contributed by atoms with van der Waals surface area (Å²) >= 11 is 0. The number of hydrogen-bond acceptors (Lipinski definition) is 6. The third-order valence-electron chi connectivity index (χ3n) is 5.28. The van der Waals surface area contributed by atoms with Gasteiger partial charge in [0, 0.05) is 59.0 Å². The Morgan fingerprint density at radius 1 is 1.03 bits per heavy atom. The van der Waals surface area contributed by atoms with E-state index >= 15 is 0 Å². The third kappa shape index (κ3) is 3.18. The Bertz CT molecular complexity index is 1290. The molecule has 0 aliphatic carbocycles. The summed E-state index contributed by atoms with van der Waals surface area (Å²) in [6.07, 6.45) is 11.8. The second-order valence-electron chi connectivity index (χ2n) is 7.09. The Balaban J connectivity index is 1.62. The Morgan fingerprint density at radius 2 is 1.90 bits per heavy atom. The zero-order valence-electron chi connectivity index (χ0n) is 16.4. The third-order valence-corrected chi connectivity index (χ3v) is 5.28. The van der Waals surface area contributed by atoms with Crippen molar-refractivity contribution in [1.29, 1.82) is 0 Å². The van der Waals surface area contributed by atoms with Gasteiger partial charge in [-0.15, -0.1) is 0 Å². The topological polar surface area (TPSA) is 122 Å². The molecule has 1 unspecified atom stereocenters. The lowest BCUT2D eigenvalue weighted by molar-refractivity contribution is 0.746. The quantitative estimate of drug-likeness (QED) is 0.414. The minimum Gasteiger partial charge on any atom is -0.368 e. The fraction of sp³-hybridized carbons (Fsp3) is 0.136. The molecule has 5 aromatic rings. The van der Waals surface area contributed by atoms with E-state index in [0.717, 1.165) is 51.1 Å². The first-order chi connectivity index (χ1) is 14.7. The monoisotopic (exact) mass is 396 g/mol. The molecule has 0 radical (unpaired) electrons. The van der Waals surface area contributed by atoms with E-state index in [2.05, 4.69) is 48.1 Å². The minimum absolute atomic E-state index is 0.113. The zero-order valence-corrected chi connectivity index (χ0v) is 16.4. The molecule has 5 rings (SSSR count). The summed E-state index contributed by atoms with van der Waals surface area (Å²) in [4.78, 5) is 21.0. The van der Waals surface area contributed by atoms with Gasteiger partial charge in [0.25, 0.3) is 0 Å². The number of pyridine rings is 2. The van der Waals surface area contributed by atoms with Crippen LogP contribution in [0.15, 0.2) is 61.4 Å². The van der Waals surface area contributed by atoms with Gasteiger partial charge in [-0.05, 0) is 36.2 Å². The Labute approximate surface area is 172 Å². The number of aromatic nitrogens is 7. The van der Waals surface area contributed by atoms with Crippen molar-refractivity contribution in [2.75, 3.05) is 5.73 Å². The number of fused-ring (bicyclic) bond motifs is 1. The van der Waals surface area contributed by atoms with Crippen molar-refractivity contribution >= 4 is 17.0 Å². The van der Waals surface area contributed by atoms with Crippen molar-refractivity contribution in [3.05, 3.63) is 72.7 Å². The van der Waals surface area contributed by atoms with Crippen molar-refractivity contribution < 1.29 is 0 Å². The van der Waals surface area contributed by atoms with E-state index in [0.29, 0.717) is 0 Å². The number of H-pyrrole nitrogens is 2. The molecule has 30 heavy (non-hydrogen) atoms. The zero-order chi connectivity index (χ0) is 20.5. The summed E-state index contributed by atoms with van der Waals surface area (Å²) in [5.41, 5.74) is 12.6. The second-order valence-corrected chi connectivity index (χ2v) is 7.09. The summed E-state index contributed by atoms with van der Waals surface area (Å²) in [5.74, 6) is 0.366. The van der Waals surface area contributed by atoms with Crippen molar-refractivity contribution in [3.63, 3.8) is 0 Å². The van der Waals surface area contributed by atoms with Crippen molar-refractivity contribution in [2.24, 2.45) is 0 Å². The maximum Gasteiger partial charge on any atom is 0.220 e. The first-order valence-electron chi connectivity index (χ1n) is 9.74. The number of aromatic amines is 2. The Morgan fingerprint density at radius 3 is 2.67 bits per heavy atom. The molecule has 5 aromatic heterocycles. The van der Waals surface area contributed by atoms with E-state index in [1.165, 1.54) is 0 Å². The van der Waals surface area contributed by atoms with Gasteiger partial charge in [-0.3, -0.25) is 10.1 Å². The van der Waals surface area contributed by atoms with Gasteiger partial charge in [0.05, 0.1) is 17.6 Å². The lowest BCUT2D eigenvalue weighted by Gasteiger charge is -2.16. The molecule has 0 spiro atoms. The summed E-state index contributed by atoms with van der Waals surface area (Å²) < 4.78 is 0. The van der Waals surface area contributed by atoms with Crippen LogP contribution in [0.3, 0.4) is 0 Å². The highest BCUT2D eigenvalue weighted by Crippen LogP contribution is 2.33. The fourth-order valence-corrected chi connectivity index (χ4v) is 3.80. The van der Waals surface area contributed by atoms with E-state index in [1.54, 1.807) is 18.6 Å². The van der Waals surface area contributed by atoms with E-state index in [1.807, 2.05) is 36.8 Å². The molecule has 8 nitrogen and oxygen atoms in total. The Hall–Kier alpha value is -4.07. The molecule has 0 saturated carbocycles. The van der Waals surface area contributed by atoms with Gasteiger partial charge in [0.2, 0.25) is 5.95 Å². The second kappa shape index (κ2) is 7.40. The molecule has 0 bridgehead atoms. The van der Waals surface area contributed by atoms with Crippen LogP contribution >= 0.6 is 0 Å². The Kier molecular flexibility index (Phi) is 4.44. The highest BCUT2D eigenvalue weighted by atomic mass is 15.1. The predicted octanol–water partition coefficient (Wildman–Crippen LogP) is 3.93. The number of rotatable bonds is 5. The van der Waals surface area contributed by atoms with E-state index in [4.69, 9.17) is 5.73 Å². The highest BCUT2D eigenvalue weighted by Gasteiger charge is 2.18. The standard InChI is InChI=1S/C22H20N8/c1-2-16(13-3-5-24-6-4-13)19-8-20(30-22(23)29-19)18-12-26-21-17(18)7-14(9-25-21)15-10-27-28-11-15/h3-12,16H,2H2,1H3,(H,25,26)(H,27,28)(H2,23,29,30). The predicted molar refractivity (Wildman–Crippen MR) is 115 cm³/mol. The van der Waals surface area contributed by atoms with Gasteiger partial charge in [-0.25, -0.2) is 15.0 Å². The average Bonchev–Trinajstić information content (AvgIpc) is 3.44. The molecule has 8 heteroatoms. The number of anilines is 1. The largest absolute Gasteiger partial charge is 0.368 e. The molecule has 0 aliphatic heterocycles. The van der Waals surface area contributed by atoms with Gasteiger partial charge in [-0.2, -0.15) is 5.10 Å². The van der Waals surface area contributed by atoms with Gasteiger partial charge < -0.3 is 10.7 Å². The summed E-state index contributed by atoms with van der Waals surface area (Å²) in [6.45, 7) is 2.13. The number of hydrogen-bond donors (Lipinski definition) is 3. The molecule has 1 atom stereocenters. The number of nitrogens with zero attached hydrogens (tertiary/aromatic N) is 5. The van der Waals surface area contributed by atoms with Crippen LogP contribution in [0.1, 0.15) is 30.5 Å². The van der Waals surface area contributed by atoms with Crippen LogP contribution in [0.2, 0.25) is 0 Å². The van der Waals surface area contributed by atoms with Crippen LogP contribution in [-0.2, 0) is 0 Å².